The number of carbonyl (C=O) groups excluding carboxylic acids is 3. The molecule has 2 rings (SSSR count). The quantitative estimate of drug-likeness (QED) is 0.708. The van der Waals surface area contributed by atoms with Crippen molar-refractivity contribution < 1.29 is 18.8 Å². The molecule has 23 heavy (non-hydrogen) atoms. The molecule has 0 atom stereocenters. The Kier molecular flexibility index (Phi) is 5.93. The summed E-state index contributed by atoms with van der Waals surface area (Å²) < 4.78 is 5.79. The third-order valence-corrected chi connectivity index (χ3v) is 3.26. The summed E-state index contributed by atoms with van der Waals surface area (Å²) in [6, 6.07) is 10.1. The van der Waals surface area contributed by atoms with Gasteiger partial charge in [0, 0.05) is 10.2 Å². The van der Waals surface area contributed by atoms with Gasteiger partial charge in [0.2, 0.25) is 11.8 Å². The molecule has 2 aromatic rings. The number of hydrogen-bond acceptors (Lipinski definition) is 4. The van der Waals surface area contributed by atoms with Crippen LogP contribution in [0.2, 0.25) is 0 Å². The number of halogens is 1. The molecular weight excluding hydrogens is 366 g/mol. The molecule has 0 aliphatic heterocycles. The first-order valence-electron chi connectivity index (χ1n) is 6.68. The lowest BCUT2D eigenvalue weighted by Crippen LogP contribution is -2.40. The van der Waals surface area contributed by atoms with Gasteiger partial charge in [0.25, 0.3) is 5.91 Å². The van der Waals surface area contributed by atoms with Gasteiger partial charge in [0.05, 0.1) is 19.4 Å². The zero-order chi connectivity index (χ0) is 16.7. The van der Waals surface area contributed by atoms with Crippen molar-refractivity contribution in [1.29, 1.82) is 0 Å². The fraction of sp³-hybridized carbons (Fsp3) is 0.133. The number of rotatable bonds is 6. The molecule has 0 radical (unpaired) electrons. The van der Waals surface area contributed by atoms with E-state index in [-0.39, 0.29) is 24.8 Å². The highest BCUT2D eigenvalue weighted by Gasteiger charge is 2.11. The zero-order valence-corrected chi connectivity index (χ0v) is 13.6. The summed E-state index contributed by atoms with van der Waals surface area (Å²) in [4.78, 5) is 34.8. The van der Waals surface area contributed by atoms with Crippen molar-refractivity contribution in [3.05, 3.63) is 52.9 Å². The van der Waals surface area contributed by atoms with E-state index in [9.17, 15) is 14.4 Å². The van der Waals surface area contributed by atoms with Crippen molar-refractivity contribution in [3.63, 3.8) is 0 Å². The maximum absolute atomic E-state index is 11.7. The minimum Gasteiger partial charge on any atom is -0.459 e. The predicted molar refractivity (Wildman–Crippen MR) is 86.8 cm³/mol. The predicted octanol–water partition coefficient (Wildman–Crippen LogP) is 1.53. The third-order valence-electron chi connectivity index (χ3n) is 2.73. The minimum absolute atomic E-state index is 0.116. The van der Waals surface area contributed by atoms with Crippen LogP contribution < -0.4 is 16.0 Å². The summed E-state index contributed by atoms with van der Waals surface area (Å²) in [5, 5.41) is 7.43. The lowest BCUT2D eigenvalue weighted by atomic mass is 10.3. The highest BCUT2D eigenvalue weighted by Crippen LogP contribution is 2.13. The maximum atomic E-state index is 11.7. The number of benzene rings is 1. The van der Waals surface area contributed by atoms with Crippen LogP contribution in [0.15, 0.2) is 51.6 Å². The molecule has 3 amide bonds. The smallest absolute Gasteiger partial charge is 0.287 e. The van der Waals surface area contributed by atoms with Gasteiger partial charge in [-0.2, -0.15) is 0 Å². The Labute approximate surface area is 140 Å². The average molecular weight is 380 g/mol. The fourth-order valence-corrected chi connectivity index (χ4v) is 1.90. The van der Waals surface area contributed by atoms with Gasteiger partial charge < -0.3 is 20.4 Å². The summed E-state index contributed by atoms with van der Waals surface area (Å²) >= 11 is 3.29. The molecular formula is C15H14BrN3O4. The van der Waals surface area contributed by atoms with Crippen molar-refractivity contribution in [2.24, 2.45) is 0 Å². The Morgan fingerprint density at radius 3 is 2.30 bits per heavy atom. The molecule has 0 spiro atoms. The lowest BCUT2D eigenvalue weighted by Gasteiger charge is -2.07. The second kappa shape index (κ2) is 8.14. The second-order valence-electron chi connectivity index (χ2n) is 4.49. The van der Waals surface area contributed by atoms with Crippen molar-refractivity contribution in [2.75, 3.05) is 18.4 Å². The number of amides is 3. The van der Waals surface area contributed by atoms with E-state index in [1.54, 1.807) is 30.3 Å². The molecule has 120 valence electrons. The number of anilines is 1. The topological polar surface area (TPSA) is 100 Å². The van der Waals surface area contributed by atoms with Crippen LogP contribution in [-0.4, -0.2) is 30.8 Å². The first-order valence-corrected chi connectivity index (χ1v) is 7.48. The van der Waals surface area contributed by atoms with E-state index in [0.717, 1.165) is 4.47 Å². The Morgan fingerprint density at radius 1 is 0.957 bits per heavy atom. The van der Waals surface area contributed by atoms with Gasteiger partial charge in [0.15, 0.2) is 5.76 Å². The van der Waals surface area contributed by atoms with Crippen LogP contribution in [0.25, 0.3) is 0 Å². The Balaban J connectivity index is 1.68. The van der Waals surface area contributed by atoms with Crippen LogP contribution in [0.1, 0.15) is 10.6 Å². The molecule has 8 heteroatoms. The zero-order valence-electron chi connectivity index (χ0n) is 12.0. The van der Waals surface area contributed by atoms with Gasteiger partial charge in [-0.25, -0.2) is 0 Å². The molecule has 3 N–H and O–H groups in total. The average Bonchev–Trinajstić information content (AvgIpc) is 3.07. The van der Waals surface area contributed by atoms with E-state index in [4.69, 9.17) is 4.42 Å². The van der Waals surface area contributed by atoms with Gasteiger partial charge in [-0.15, -0.1) is 0 Å². The van der Waals surface area contributed by atoms with Gasteiger partial charge in [-0.1, -0.05) is 15.9 Å². The lowest BCUT2D eigenvalue weighted by molar-refractivity contribution is -0.123. The summed E-state index contributed by atoms with van der Waals surface area (Å²) in [6.07, 6.45) is 1.36. The SMILES string of the molecule is O=C(CNC(=O)c1ccco1)NCC(=O)Nc1ccc(Br)cc1. The first-order chi connectivity index (χ1) is 11.0. The summed E-state index contributed by atoms with van der Waals surface area (Å²) in [5.74, 6) is -1.22. The van der Waals surface area contributed by atoms with Crippen LogP contribution in [-0.2, 0) is 9.59 Å². The van der Waals surface area contributed by atoms with Crippen LogP contribution in [0.3, 0.4) is 0 Å². The van der Waals surface area contributed by atoms with Crippen molar-refractivity contribution in [3.8, 4) is 0 Å². The van der Waals surface area contributed by atoms with Gasteiger partial charge >= 0.3 is 0 Å². The highest BCUT2D eigenvalue weighted by molar-refractivity contribution is 9.10. The van der Waals surface area contributed by atoms with E-state index in [2.05, 4.69) is 31.9 Å². The summed E-state index contributed by atoms with van der Waals surface area (Å²) in [7, 11) is 0. The third kappa shape index (κ3) is 5.59. The van der Waals surface area contributed by atoms with Crippen LogP contribution in [0.4, 0.5) is 5.69 Å². The molecule has 1 aromatic carbocycles. The minimum atomic E-state index is -0.496. The maximum Gasteiger partial charge on any atom is 0.287 e. The summed E-state index contributed by atoms with van der Waals surface area (Å²) in [5.41, 5.74) is 0.624. The Morgan fingerprint density at radius 2 is 1.65 bits per heavy atom. The van der Waals surface area contributed by atoms with E-state index >= 15 is 0 Å². The molecule has 0 aliphatic carbocycles. The van der Waals surface area contributed by atoms with Crippen molar-refractivity contribution in [1.82, 2.24) is 10.6 Å². The van der Waals surface area contributed by atoms with Crippen molar-refractivity contribution >= 4 is 39.3 Å². The molecule has 0 fully saturated rings. The largest absolute Gasteiger partial charge is 0.459 e. The van der Waals surface area contributed by atoms with Gasteiger partial charge in [0.1, 0.15) is 0 Å². The normalized spacial score (nSPS) is 9.96. The van der Waals surface area contributed by atoms with Crippen LogP contribution in [0.5, 0.6) is 0 Å². The monoisotopic (exact) mass is 379 g/mol. The molecule has 0 bridgehead atoms. The molecule has 0 saturated carbocycles. The Bertz CT molecular complexity index is 683. The molecule has 1 heterocycles. The fourth-order valence-electron chi connectivity index (χ4n) is 1.64. The van der Waals surface area contributed by atoms with E-state index in [1.165, 1.54) is 12.3 Å². The van der Waals surface area contributed by atoms with Gasteiger partial charge in [-0.05, 0) is 36.4 Å². The van der Waals surface area contributed by atoms with E-state index in [1.807, 2.05) is 0 Å². The number of furan rings is 1. The number of carbonyl (C=O) groups is 3. The summed E-state index contributed by atoms with van der Waals surface area (Å²) in [6.45, 7) is -0.434. The molecule has 0 saturated heterocycles. The van der Waals surface area contributed by atoms with Crippen LogP contribution in [0, 0.1) is 0 Å². The van der Waals surface area contributed by atoms with E-state index < -0.39 is 11.8 Å². The van der Waals surface area contributed by atoms with E-state index in [0.29, 0.717) is 5.69 Å². The Hall–Kier alpha value is -2.61. The second-order valence-corrected chi connectivity index (χ2v) is 5.41. The molecule has 0 aliphatic rings. The molecule has 7 nitrogen and oxygen atoms in total. The van der Waals surface area contributed by atoms with Gasteiger partial charge in [-0.3, -0.25) is 14.4 Å². The number of hydrogen-bond donors (Lipinski definition) is 3. The first kappa shape index (κ1) is 16.8. The standard InChI is InChI=1S/C15H14BrN3O4/c16-10-3-5-11(6-4-10)19-14(21)9-17-13(20)8-18-15(22)12-2-1-7-23-12/h1-7H,8-9H2,(H,17,20)(H,18,22)(H,19,21). The van der Waals surface area contributed by atoms with Crippen LogP contribution >= 0.6 is 15.9 Å². The molecule has 0 unspecified atom stereocenters. The molecule has 1 aromatic heterocycles. The number of nitrogens with one attached hydrogen (secondary N) is 3. The highest BCUT2D eigenvalue weighted by atomic mass is 79.9. The van der Waals surface area contributed by atoms with Crippen molar-refractivity contribution in [2.45, 2.75) is 0 Å².